The monoisotopic (exact) mass is 262 g/mol. The number of phenolic OH excluding ortho intramolecular Hbond substituents is 1. The fraction of sp³-hybridized carbons (Fsp3) is 0.0714. The molecule has 0 aliphatic carbocycles. The zero-order valence-corrected chi connectivity index (χ0v) is 10.3. The van der Waals surface area contributed by atoms with E-state index in [2.05, 4.69) is 0 Å². The van der Waals surface area contributed by atoms with Gasteiger partial charge in [-0.25, -0.2) is 4.79 Å². The fourth-order valence-electron chi connectivity index (χ4n) is 1.28. The molecule has 3 N–H and O–H groups in total. The Balaban J connectivity index is 0.000000191. The van der Waals surface area contributed by atoms with E-state index in [4.69, 9.17) is 20.1 Å². The van der Waals surface area contributed by atoms with Crippen molar-refractivity contribution in [2.75, 3.05) is 7.11 Å². The third kappa shape index (κ3) is 4.23. The van der Waals surface area contributed by atoms with Gasteiger partial charge < -0.3 is 20.1 Å². The summed E-state index contributed by atoms with van der Waals surface area (Å²) in [7, 11) is 1.52. The van der Waals surface area contributed by atoms with Crippen LogP contribution >= 0.6 is 0 Å². The van der Waals surface area contributed by atoms with E-state index in [1.807, 2.05) is 0 Å². The molecule has 2 aromatic rings. The summed E-state index contributed by atoms with van der Waals surface area (Å²) in [5, 5.41) is 26.3. The molecule has 100 valence electrons. The summed E-state index contributed by atoms with van der Waals surface area (Å²) in [5.41, 5.74) is -0.0671. The van der Waals surface area contributed by atoms with Crippen LogP contribution in [0.5, 0.6) is 17.2 Å². The number of hydrogen-bond donors (Lipinski definition) is 3. The number of carboxylic acids is 1. The standard InChI is InChI=1S/C7H6O3.C7H8O2/c8-6-4-2-1-3-5(6)7(9)10;1-9-7-5-3-2-4-6(7)8/h1-4,8H,(H,9,10);2-5,8H,1H3. The molecule has 2 aromatic carbocycles. The average Bonchev–Trinajstić information content (AvgIpc) is 2.40. The summed E-state index contributed by atoms with van der Waals surface area (Å²) in [6.07, 6.45) is 0. The van der Waals surface area contributed by atoms with Crippen LogP contribution in [0.15, 0.2) is 48.5 Å². The number of hydrogen-bond acceptors (Lipinski definition) is 4. The molecule has 0 unspecified atom stereocenters. The van der Waals surface area contributed by atoms with Crippen molar-refractivity contribution in [2.24, 2.45) is 0 Å². The zero-order chi connectivity index (χ0) is 14.3. The molecule has 0 bridgehead atoms. The van der Waals surface area contributed by atoms with Crippen LogP contribution in [-0.4, -0.2) is 28.4 Å². The van der Waals surface area contributed by atoms with Gasteiger partial charge in [0, 0.05) is 0 Å². The van der Waals surface area contributed by atoms with Crippen molar-refractivity contribution in [1.82, 2.24) is 0 Å². The van der Waals surface area contributed by atoms with Crippen molar-refractivity contribution in [1.29, 1.82) is 0 Å². The molecule has 19 heavy (non-hydrogen) atoms. The highest BCUT2D eigenvalue weighted by Gasteiger charge is 2.05. The van der Waals surface area contributed by atoms with Crippen LogP contribution in [0, 0.1) is 0 Å². The topological polar surface area (TPSA) is 87.0 Å². The maximum Gasteiger partial charge on any atom is 0.339 e. The summed E-state index contributed by atoms with van der Waals surface area (Å²) in [6.45, 7) is 0. The molecule has 0 aromatic heterocycles. The minimum atomic E-state index is -1.11. The van der Waals surface area contributed by atoms with Gasteiger partial charge in [-0.2, -0.15) is 0 Å². The largest absolute Gasteiger partial charge is 0.507 e. The number of benzene rings is 2. The molecule has 0 aliphatic rings. The average molecular weight is 262 g/mol. The van der Waals surface area contributed by atoms with Gasteiger partial charge in [-0.05, 0) is 24.3 Å². The number of methoxy groups -OCH3 is 1. The van der Waals surface area contributed by atoms with Crippen molar-refractivity contribution >= 4 is 5.97 Å². The van der Waals surface area contributed by atoms with Gasteiger partial charge >= 0.3 is 5.97 Å². The fourth-order valence-corrected chi connectivity index (χ4v) is 1.28. The Labute approximate surface area is 110 Å². The van der Waals surface area contributed by atoms with Gasteiger partial charge in [-0.1, -0.05) is 24.3 Å². The van der Waals surface area contributed by atoms with E-state index in [0.717, 1.165) is 0 Å². The number of aromatic hydroxyl groups is 2. The highest BCUT2D eigenvalue weighted by atomic mass is 16.5. The summed E-state index contributed by atoms with van der Waals surface area (Å²) >= 11 is 0. The van der Waals surface area contributed by atoms with Crippen LogP contribution in [0.1, 0.15) is 10.4 Å². The lowest BCUT2D eigenvalue weighted by atomic mass is 10.2. The number of ether oxygens (including phenoxy) is 1. The number of rotatable bonds is 2. The number of para-hydroxylation sites is 3. The van der Waals surface area contributed by atoms with Gasteiger partial charge in [0.2, 0.25) is 0 Å². The van der Waals surface area contributed by atoms with Gasteiger partial charge in [0.05, 0.1) is 7.11 Å². The number of aromatic carboxylic acids is 1. The van der Waals surface area contributed by atoms with Crippen LogP contribution < -0.4 is 4.74 Å². The van der Waals surface area contributed by atoms with Gasteiger partial charge in [-0.3, -0.25) is 0 Å². The lowest BCUT2D eigenvalue weighted by Gasteiger charge is -1.99. The number of carboxylic acid groups (broad SMARTS) is 1. The van der Waals surface area contributed by atoms with E-state index in [1.165, 1.54) is 19.2 Å². The first-order valence-electron chi connectivity index (χ1n) is 5.39. The smallest absolute Gasteiger partial charge is 0.339 e. The van der Waals surface area contributed by atoms with Crippen molar-refractivity contribution in [3.8, 4) is 17.2 Å². The Bertz CT molecular complexity index is 551. The van der Waals surface area contributed by atoms with Crippen molar-refractivity contribution in [2.45, 2.75) is 0 Å². The summed E-state index contributed by atoms with van der Waals surface area (Å²) in [4.78, 5) is 10.3. The van der Waals surface area contributed by atoms with Crippen LogP contribution in [0.25, 0.3) is 0 Å². The molecule has 0 aliphatic heterocycles. The third-order valence-corrected chi connectivity index (χ3v) is 2.22. The Morgan fingerprint density at radius 3 is 1.84 bits per heavy atom. The second-order valence-electron chi connectivity index (χ2n) is 3.49. The molecule has 0 amide bonds. The molecule has 0 fully saturated rings. The van der Waals surface area contributed by atoms with Gasteiger partial charge in [0.1, 0.15) is 11.3 Å². The van der Waals surface area contributed by atoms with E-state index in [9.17, 15) is 4.79 Å². The summed E-state index contributed by atoms with van der Waals surface area (Å²) < 4.78 is 4.79. The van der Waals surface area contributed by atoms with Crippen molar-refractivity contribution in [3.63, 3.8) is 0 Å². The van der Waals surface area contributed by atoms with E-state index < -0.39 is 5.97 Å². The quantitative estimate of drug-likeness (QED) is 0.774. The highest BCUT2D eigenvalue weighted by Crippen LogP contribution is 2.23. The Morgan fingerprint density at radius 1 is 0.947 bits per heavy atom. The van der Waals surface area contributed by atoms with E-state index in [0.29, 0.717) is 5.75 Å². The predicted octanol–water partition coefficient (Wildman–Crippen LogP) is 2.49. The molecule has 0 saturated carbocycles. The Kier molecular flexibility index (Phi) is 5.22. The van der Waals surface area contributed by atoms with Crippen LogP contribution in [0.4, 0.5) is 0 Å². The second kappa shape index (κ2) is 6.90. The van der Waals surface area contributed by atoms with Crippen molar-refractivity contribution in [3.05, 3.63) is 54.1 Å². The Hall–Kier alpha value is -2.69. The minimum Gasteiger partial charge on any atom is -0.507 e. The van der Waals surface area contributed by atoms with E-state index in [1.54, 1.807) is 36.4 Å². The molecule has 0 radical (unpaired) electrons. The van der Waals surface area contributed by atoms with Crippen LogP contribution in [-0.2, 0) is 0 Å². The number of carbonyl (C=O) groups is 1. The minimum absolute atomic E-state index is 0.0671. The zero-order valence-electron chi connectivity index (χ0n) is 10.3. The Morgan fingerprint density at radius 2 is 1.47 bits per heavy atom. The molecular weight excluding hydrogens is 248 g/mol. The first-order valence-corrected chi connectivity index (χ1v) is 5.39. The van der Waals surface area contributed by atoms with Crippen LogP contribution in [0.3, 0.4) is 0 Å². The molecule has 0 atom stereocenters. The molecule has 2 rings (SSSR count). The lowest BCUT2D eigenvalue weighted by molar-refractivity contribution is 0.0693. The first kappa shape index (κ1) is 14.4. The molecule has 0 saturated heterocycles. The lowest BCUT2D eigenvalue weighted by Crippen LogP contribution is -1.95. The maximum atomic E-state index is 10.3. The van der Waals surface area contributed by atoms with Gasteiger partial charge in [0.25, 0.3) is 0 Å². The molecule has 0 heterocycles. The summed E-state index contributed by atoms with van der Waals surface area (Å²) in [5.74, 6) is -0.620. The van der Waals surface area contributed by atoms with Crippen LogP contribution in [0.2, 0.25) is 0 Å². The molecular formula is C14H14O5. The van der Waals surface area contributed by atoms with Crippen molar-refractivity contribution < 1.29 is 24.9 Å². The normalized spacial score (nSPS) is 9.11. The third-order valence-electron chi connectivity index (χ3n) is 2.22. The van der Waals surface area contributed by atoms with E-state index >= 15 is 0 Å². The maximum absolute atomic E-state index is 10.3. The first-order chi connectivity index (χ1) is 9.06. The SMILES string of the molecule is COc1ccccc1O.O=C(O)c1ccccc1O. The molecule has 0 spiro atoms. The predicted molar refractivity (Wildman–Crippen MR) is 69.7 cm³/mol. The second-order valence-corrected chi connectivity index (χ2v) is 3.49. The summed E-state index contributed by atoms with van der Waals surface area (Å²) in [6, 6.07) is 12.6. The number of phenols is 2. The highest BCUT2D eigenvalue weighted by molar-refractivity contribution is 5.90. The van der Waals surface area contributed by atoms with E-state index in [-0.39, 0.29) is 17.1 Å². The molecule has 5 nitrogen and oxygen atoms in total. The van der Waals surface area contributed by atoms with Gasteiger partial charge in [0.15, 0.2) is 11.5 Å². The van der Waals surface area contributed by atoms with Gasteiger partial charge in [-0.15, -0.1) is 0 Å². The molecule has 5 heteroatoms.